The molecule has 0 rings (SSSR count). The van der Waals surface area contributed by atoms with Gasteiger partial charge in [-0.2, -0.15) is 8.42 Å². The van der Waals surface area contributed by atoms with Crippen molar-refractivity contribution in [2.24, 2.45) is 0 Å². The van der Waals surface area contributed by atoms with Crippen molar-refractivity contribution < 1.29 is 31.4 Å². The first-order valence-electron chi connectivity index (χ1n) is 1.86. The van der Waals surface area contributed by atoms with E-state index in [9.17, 15) is 8.76 Å². The van der Waals surface area contributed by atoms with E-state index in [-0.39, 0.29) is 0 Å². The molecule has 0 aliphatic heterocycles. The van der Waals surface area contributed by atoms with Gasteiger partial charge in [-0.05, 0) is 11.1 Å². The first kappa shape index (κ1) is 13.1. The highest BCUT2D eigenvalue weighted by Gasteiger charge is 1.84. The van der Waals surface area contributed by atoms with E-state index in [4.69, 9.17) is 22.6 Å². The van der Waals surface area contributed by atoms with Crippen LogP contribution in [0.5, 0.6) is 0 Å². The molecule has 1 unspecified atom stereocenters. The number of aliphatic hydroxyl groups excluding tert-OH is 1. The molecule has 0 heterocycles. The van der Waals surface area contributed by atoms with Crippen LogP contribution in [0, 0.1) is 0 Å². The van der Waals surface area contributed by atoms with E-state index >= 15 is 0 Å². The summed E-state index contributed by atoms with van der Waals surface area (Å²) in [5.74, 6) is 0. The molecule has 7 nitrogen and oxygen atoms in total. The average molecular weight is 205 g/mol. The monoisotopic (exact) mass is 205 g/mol. The summed E-state index contributed by atoms with van der Waals surface area (Å²) in [6, 6.07) is 0. The lowest BCUT2D eigenvalue weighted by molar-refractivity contribution is 0.381. The zero-order valence-electron chi connectivity index (χ0n) is 4.95. The van der Waals surface area contributed by atoms with Crippen LogP contribution in [0.3, 0.4) is 0 Å². The summed E-state index contributed by atoms with van der Waals surface area (Å²) >= 11 is -2.25. The van der Waals surface area contributed by atoms with E-state index < -0.39 is 21.5 Å². The molecular formula is C2H5O7S2-. The normalized spacial score (nSPS) is 13.7. The van der Waals surface area contributed by atoms with E-state index in [1.54, 1.807) is 0 Å². The van der Waals surface area contributed by atoms with Crippen LogP contribution in [0.2, 0.25) is 0 Å². The lowest BCUT2D eigenvalue weighted by atomic mass is 11.2. The van der Waals surface area contributed by atoms with Crippen molar-refractivity contribution in [3.8, 4) is 0 Å². The predicted molar refractivity (Wildman–Crippen MR) is 34.9 cm³/mol. The summed E-state index contributed by atoms with van der Waals surface area (Å²) in [5.41, 5.74) is 0. The molecule has 0 aromatic carbocycles. The highest BCUT2D eigenvalue weighted by atomic mass is 32.3. The lowest BCUT2D eigenvalue weighted by Gasteiger charge is -1.89. The molecule has 0 aromatic heterocycles. The fourth-order valence-electron chi connectivity index (χ4n) is 0.0497. The van der Waals surface area contributed by atoms with Gasteiger partial charge in [-0.25, -0.2) is 0 Å². The average Bonchev–Trinajstić information content (AvgIpc) is 1.58. The predicted octanol–water partition coefficient (Wildman–Crippen LogP) is -0.758. The Bertz CT molecular complexity index is 217. The molecule has 0 saturated carbocycles. The van der Waals surface area contributed by atoms with Gasteiger partial charge < -0.3 is 9.66 Å². The Morgan fingerprint density at radius 2 is 1.64 bits per heavy atom. The fourth-order valence-corrected chi connectivity index (χ4v) is 0.149. The third kappa shape index (κ3) is 84.8. The molecule has 11 heavy (non-hydrogen) atoms. The van der Waals surface area contributed by atoms with Gasteiger partial charge in [-0.3, -0.25) is 13.3 Å². The van der Waals surface area contributed by atoms with E-state index in [1.165, 1.54) is 0 Å². The molecule has 0 saturated heterocycles. The number of hydrogen-bond donors (Lipinski definition) is 3. The summed E-state index contributed by atoms with van der Waals surface area (Å²) in [7, 11) is -4.67. The van der Waals surface area contributed by atoms with Crippen LogP contribution in [-0.2, 0) is 21.5 Å². The first-order valence-corrected chi connectivity index (χ1v) is 4.39. The zero-order valence-corrected chi connectivity index (χ0v) is 6.58. The van der Waals surface area contributed by atoms with Crippen molar-refractivity contribution in [2.45, 2.75) is 0 Å². The molecule has 0 spiro atoms. The van der Waals surface area contributed by atoms with Gasteiger partial charge in [-0.15, -0.1) is 0 Å². The van der Waals surface area contributed by atoms with Gasteiger partial charge in [0.1, 0.15) is 0 Å². The Labute approximate surface area is 65.2 Å². The molecule has 0 amide bonds. The summed E-state index contributed by atoms with van der Waals surface area (Å²) in [6.45, 7) is 0. The number of hydrogen-bond acceptors (Lipinski definition) is 5. The highest BCUT2D eigenvalue weighted by Crippen LogP contribution is 1.69. The Morgan fingerprint density at radius 3 is 1.64 bits per heavy atom. The molecule has 0 radical (unpaired) electrons. The Morgan fingerprint density at radius 1 is 1.36 bits per heavy atom. The minimum absolute atomic E-state index is 0.461. The van der Waals surface area contributed by atoms with Crippen LogP contribution in [0.1, 0.15) is 0 Å². The smallest absolute Gasteiger partial charge is 0.394 e. The van der Waals surface area contributed by atoms with Crippen molar-refractivity contribution in [1.29, 1.82) is 0 Å². The first-order chi connectivity index (χ1) is 4.77. The zero-order chi connectivity index (χ0) is 9.49. The van der Waals surface area contributed by atoms with Gasteiger partial charge in [0, 0.05) is 5.41 Å². The van der Waals surface area contributed by atoms with Gasteiger partial charge in [0.15, 0.2) is 0 Å². The van der Waals surface area contributed by atoms with E-state index in [2.05, 4.69) is 0 Å². The van der Waals surface area contributed by atoms with E-state index in [0.29, 0.717) is 11.7 Å². The second-order valence-corrected chi connectivity index (χ2v) is 2.68. The standard InChI is InChI=1S/C2H4O3S.H2O4S/c3-1-2-6(4)5;1-5(2,3)4/h1-3H,(H,4,5);(H2,1,2,3,4)/p-1. The molecule has 0 aliphatic carbocycles. The molecule has 1 atom stereocenters. The third-order valence-electron chi connectivity index (χ3n) is 0.172. The maximum absolute atomic E-state index is 9.35. The summed E-state index contributed by atoms with van der Waals surface area (Å²) in [4.78, 5) is 0. The van der Waals surface area contributed by atoms with Crippen molar-refractivity contribution in [3.63, 3.8) is 0 Å². The maximum Gasteiger partial charge on any atom is 0.394 e. The van der Waals surface area contributed by atoms with Crippen LogP contribution in [0.25, 0.3) is 0 Å². The molecule has 0 aromatic rings. The number of aliphatic hydroxyl groups is 1. The third-order valence-corrected chi connectivity index (χ3v) is 0.516. The fraction of sp³-hybridized carbons (Fsp3) is 0. The molecule has 0 fully saturated rings. The largest absolute Gasteiger partial charge is 0.769 e. The Balaban J connectivity index is 0. The van der Waals surface area contributed by atoms with Gasteiger partial charge in [0.25, 0.3) is 0 Å². The van der Waals surface area contributed by atoms with Crippen LogP contribution < -0.4 is 0 Å². The van der Waals surface area contributed by atoms with E-state index in [0.717, 1.165) is 0 Å². The quantitative estimate of drug-likeness (QED) is 0.291. The van der Waals surface area contributed by atoms with E-state index in [1.807, 2.05) is 0 Å². The molecule has 0 aliphatic rings. The van der Waals surface area contributed by atoms with Crippen LogP contribution >= 0.6 is 0 Å². The van der Waals surface area contributed by atoms with Crippen LogP contribution in [0.15, 0.2) is 11.7 Å². The SMILES string of the molecule is O=S(=O)(O)O.O=S([O-])C=CO. The summed E-state index contributed by atoms with van der Waals surface area (Å²) < 4.78 is 50.3. The van der Waals surface area contributed by atoms with Crippen molar-refractivity contribution in [2.75, 3.05) is 0 Å². The maximum atomic E-state index is 9.35. The van der Waals surface area contributed by atoms with Crippen molar-refractivity contribution in [1.82, 2.24) is 0 Å². The Hall–Kier alpha value is -0.480. The van der Waals surface area contributed by atoms with Gasteiger partial charge >= 0.3 is 10.4 Å². The minimum Gasteiger partial charge on any atom is -0.769 e. The molecule has 3 N–H and O–H groups in total. The molecule has 68 valence electrons. The molecular weight excluding hydrogens is 200 g/mol. The number of rotatable bonds is 1. The van der Waals surface area contributed by atoms with Crippen molar-refractivity contribution in [3.05, 3.63) is 11.7 Å². The molecule has 9 heteroatoms. The summed E-state index contributed by atoms with van der Waals surface area (Å²) in [5, 5.41) is 8.30. The second-order valence-electron chi connectivity index (χ2n) is 0.993. The van der Waals surface area contributed by atoms with Gasteiger partial charge in [-0.1, -0.05) is 0 Å². The topological polar surface area (TPSA) is 135 Å². The van der Waals surface area contributed by atoms with Crippen molar-refractivity contribution >= 4 is 21.5 Å². The van der Waals surface area contributed by atoms with Crippen LogP contribution in [-0.4, -0.2) is 31.4 Å². The van der Waals surface area contributed by atoms with Gasteiger partial charge in [0.2, 0.25) is 0 Å². The molecule has 0 bridgehead atoms. The highest BCUT2D eigenvalue weighted by molar-refractivity contribution is 7.82. The Kier molecular flexibility index (Phi) is 7.46. The second kappa shape index (κ2) is 6.24. The summed E-state index contributed by atoms with van der Waals surface area (Å²) in [6.07, 6.45) is 0.461. The van der Waals surface area contributed by atoms with Crippen LogP contribution in [0.4, 0.5) is 0 Å². The minimum atomic E-state index is -4.67. The van der Waals surface area contributed by atoms with Gasteiger partial charge in [0.05, 0.1) is 6.26 Å². The lowest BCUT2D eigenvalue weighted by Crippen LogP contribution is -1.89.